The number of halogens is 1. The third-order valence-corrected chi connectivity index (χ3v) is 7.03. The van der Waals surface area contributed by atoms with Gasteiger partial charge in [-0.15, -0.1) is 0 Å². The molecule has 0 N–H and O–H groups in total. The van der Waals surface area contributed by atoms with Crippen molar-refractivity contribution in [1.82, 2.24) is 13.5 Å². The number of amides is 1. The Morgan fingerprint density at radius 1 is 1.12 bits per heavy atom. The van der Waals surface area contributed by atoms with E-state index in [-0.39, 0.29) is 12.5 Å². The van der Waals surface area contributed by atoms with E-state index in [0.717, 1.165) is 3.57 Å². The van der Waals surface area contributed by atoms with Gasteiger partial charge in [0.25, 0.3) is 16.1 Å². The fourth-order valence-corrected chi connectivity index (χ4v) is 4.61. The second kappa shape index (κ2) is 9.15. The van der Waals surface area contributed by atoms with E-state index in [1.165, 1.54) is 8.61 Å². The van der Waals surface area contributed by atoms with Crippen LogP contribution >= 0.6 is 22.6 Å². The Hall–Kier alpha value is -0.910. The molecule has 140 valence electrons. The van der Waals surface area contributed by atoms with E-state index in [9.17, 15) is 13.2 Å². The van der Waals surface area contributed by atoms with Gasteiger partial charge in [0.05, 0.1) is 0 Å². The zero-order chi connectivity index (χ0) is 18.4. The summed E-state index contributed by atoms with van der Waals surface area (Å²) in [6.07, 6.45) is 0. The number of nitrogens with zero attached hydrogens (tertiary/aromatic N) is 3. The minimum atomic E-state index is -3.44. The Bertz CT molecular complexity index is 669. The molecule has 0 atom stereocenters. The van der Waals surface area contributed by atoms with E-state index in [2.05, 4.69) is 22.6 Å². The minimum Gasteiger partial charge on any atom is -0.484 e. The lowest BCUT2D eigenvalue weighted by Gasteiger charge is -2.36. The van der Waals surface area contributed by atoms with Crippen LogP contribution < -0.4 is 4.74 Å². The summed E-state index contributed by atoms with van der Waals surface area (Å²) in [6, 6.07) is 7.47. The minimum absolute atomic E-state index is 0.0383. The molecule has 1 aromatic rings. The van der Waals surface area contributed by atoms with Crippen LogP contribution in [0.5, 0.6) is 5.75 Å². The van der Waals surface area contributed by atoms with E-state index in [1.807, 2.05) is 38.1 Å². The van der Waals surface area contributed by atoms with E-state index in [1.54, 1.807) is 4.90 Å². The summed E-state index contributed by atoms with van der Waals surface area (Å²) in [5, 5.41) is 0. The predicted octanol–water partition coefficient (Wildman–Crippen LogP) is 1.40. The molecule has 2 rings (SSSR count). The molecule has 1 amide bonds. The van der Waals surface area contributed by atoms with Gasteiger partial charge in [-0.25, -0.2) is 0 Å². The largest absolute Gasteiger partial charge is 0.484 e. The molecule has 1 fully saturated rings. The van der Waals surface area contributed by atoms with Crippen LogP contribution in [0.25, 0.3) is 0 Å². The Morgan fingerprint density at radius 3 is 2.20 bits per heavy atom. The fourth-order valence-electron chi connectivity index (χ4n) is 2.65. The molecule has 0 aliphatic carbocycles. The molecule has 1 aromatic carbocycles. The Kier molecular flexibility index (Phi) is 7.47. The number of benzene rings is 1. The highest BCUT2D eigenvalue weighted by Crippen LogP contribution is 2.15. The number of hydrogen-bond donors (Lipinski definition) is 0. The number of carbonyl (C=O) groups is 1. The lowest BCUT2D eigenvalue weighted by atomic mass is 10.3. The quantitative estimate of drug-likeness (QED) is 0.553. The molecule has 0 bridgehead atoms. The first-order valence-electron chi connectivity index (χ1n) is 8.29. The zero-order valence-electron chi connectivity index (χ0n) is 14.5. The van der Waals surface area contributed by atoms with Gasteiger partial charge in [-0.1, -0.05) is 13.8 Å². The summed E-state index contributed by atoms with van der Waals surface area (Å²) in [7, 11) is -3.44. The van der Waals surface area contributed by atoms with Crippen molar-refractivity contribution in [3.05, 3.63) is 27.8 Å². The molecule has 1 heterocycles. The maximum Gasteiger partial charge on any atom is 0.282 e. The van der Waals surface area contributed by atoms with Crippen LogP contribution in [0.4, 0.5) is 0 Å². The molecule has 0 saturated carbocycles. The SMILES string of the molecule is CCN(CC)S(=O)(=O)N1CCN(C(=O)COc2ccc(I)cc2)CC1. The molecule has 7 nitrogen and oxygen atoms in total. The summed E-state index contributed by atoms with van der Waals surface area (Å²) >= 11 is 2.20. The Morgan fingerprint density at radius 2 is 1.68 bits per heavy atom. The number of rotatable bonds is 7. The summed E-state index contributed by atoms with van der Waals surface area (Å²) in [4.78, 5) is 13.9. The first-order chi connectivity index (χ1) is 11.9. The van der Waals surface area contributed by atoms with E-state index in [0.29, 0.717) is 45.0 Å². The molecule has 0 aromatic heterocycles. The van der Waals surface area contributed by atoms with Gasteiger partial charge in [0.2, 0.25) is 0 Å². The first kappa shape index (κ1) is 20.4. The van der Waals surface area contributed by atoms with Gasteiger partial charge in [-0.2, -0.15) is 17.0 Å². The van der Waals surface area contributed by atoms with Gasteiger partial charge in [0.15, 0.2) is 6.61 Å². The van der Waals surface area contributed by atoms with Crippen molar-refractivity contribution in [2.24, 2.45) is 0 Å². The van der Waals surface area contributed by atoms with Crippen molar-refractivity contribution in [3.8, 4) is 5.75 Å². The first-order valence-corrected chi connectivity index (χ1v) is 10.8. The summed E-state index contributed by atoms with van der Waals surface area (Å²) in [5.74, 6) is 0.523. The maximum atomic E-state index is 12.5. The smallest absolute Gasteiger partial charge is 0.282 e. The average molecular weight is 481 g/mol. The van der Waals surface area contributed by atoms with E-state index < -0.39 is 10.2 Å². The third-order valence-electron chi connectivity index (χ3n) is 4.13. The van der Waals surface area contributed by atoms with Crippen molar-refractivity contribution < 1.29 is 17.9 Å². The molecule has 0 radical (unpaired) electrons. The predicted molar refractivity (Wildman–Crippen MR) is 105 cm³/mol. The molecule has 0 spiro atoms. The number of piperazine rings is 1. The van der Waals surface area contributed by atoms with Crippen LogP contribution in [0.2, 0.25) is 0 Å². The van der Waals surface area contributed by atoms with Crippen molar-refractivity contribution in [1.29, 1.82) is 0 Å². The molecule has 1 aliphatic rings. The zero-order valence-corrected chi connectivity index (χ0v) is 17.5. The molecular formula is C16H24IN3O4S. The lowest BCUT2D eigenvalue weighted by molar-refractivity contribution is -0.134. The molecule has 25 heavy (non-hydrogen) atoms. The van der Waals surface area contributed by atoms with E-state index >= 15 is 0 Å². The van der Waals surface area contributed by atoms with Gasteiger partial charge in [-0.3, -0.25) is 4.79 Å². The third kappa shape index (κ3) is 5.28. The molecule has 1 aliphatic heterocycles. The number of carbonyl (C=O) groups excluding carboxylic acids is 1. The highest BCUT2D eigenvalue weighted by atomic mass is 127. The van der Waals surface area contributed by atoms with Gasteiger partial charge in [0.1, 0.15) is 5.75 Å². The van der Waals surface area contributed by atoms with E-state index in [4.69, 9.17) is 4.74 Å². The van der Waals surface area contributed by atoms with Gasteiger partial charge < -0.3 is 9.64 Å². The van der Waals surface area contributed by atoms with Crippen molar-refractivity contribution in [2.75, 3.05) is 45.9 Å². The lowest BCUT2D eigenvalue weighted by Crippen LogP contribution is -2.54. The average Bonchev–Trinajstić information content (AvgIpc) is 2.62. The van der Waals surface area contributed by atoms with Crippen LogP contribution in [0.1, 0.15) is 13.8 Å². The summed E-state index contributed by atoms with van der Waals surface area (Å²) < 4.78 is 34.5. The van der Waals surface area contributed by atoms with Gasteiger partial charge in [-0.05, 0) is 46.9 Å². The standard InChI is InChI=1S/C16H24IN3O4S/c1-3-19(4-2)25(22,23)20-11-9-18(10-12-20)16(21)13-24-15-7-5-14(17)6-8-15/h5-8H,3-4,9-13H2,1-2H3. The molecule has 9 heteroatoms. The van der Waals surface area contributed by atoms with Gasteiger partial charge in [0, 0.05) is 42.8 Å². The van der Waals surface area contributed by atoms with Crippen LogP contribution in [-0.4, -0.2) is 73.7 Å². The topological polar surface area (TPSA) is 70.2 Å². The molecular weight excluding hydrogens is 457 g/mol. The summed E-state index contributed by atoms with van der Waals surface area (Å²) in [6.45, 7) is 5.89. The Labute approximate surface area is 163 Å². The van der Waals surface area contributed by atoms with Crippen LogP contribution in [-0.2, 0) is 15.0 Å². The second-order valence-electron chi connectivity index (χ2n) is 5.61. The van der Waals surface area contributed by atoms with Crippen LogP contribution in [0.3, 0.4) is 0 Å². The highest BCUT2D eigenvalue weighted by molar-refractivity contribution is 14.1. The summed E-state index contributed by atoms with van der Waals surface area (Å²) in [5.41, 5.74) is 0. The van der Waals surface area contributed by atoms with Crippen LogP contribution in [0.15, 0.2) is 24.3 Å². The highest BCUT2D eigenvalue weighted by Gasteiger charge is 2.32. The maximum absolute atomic E-state index is 12.5. The normalized spacial score (nSPS) is 16.2. The number of ether oxygens (including phenoxy) is 1. The van der Waals surface area contributed by atoms with Crippen molar-refractivity contribution in [3.63, 3.8) is 0 Å². The Balaban J connectivity index is 1.84. The van der Waals surface area contributed by atoms with Gasteiger partial charge >= 0.3 is 0 Å². The van der Waals surface area contributed by atoms with Crippen molar-refractivity contribution >= 4 is 38.7 Å². The monoisotopic (exact) mass is 481 g/mol. The van der Waals surface area contributed by atoms with Crippen molar-refractivity contribution in [2.45, 2.75) is 13.8 Å². The number of hydrogen-bond acceptors (Lipinski definition) is 4. The second-order valence-corrected chi connectivity index (χ2v) is 8.79. The van der Waals surface area contributed by atoms with Crippen LogP contribution in [0, 0.1) is 3.57 Å². The molecule has 0 unspecified atom stereocenters. The fraction of sp³-hybridized carbons (Fsp3) is 0.562. The molecule has 1 saturated heterocycles.